The lowest BCUT2D eigenvalue weighted by molar-refractivity contribution is 0.351. The van der Waals surface area contributed by atoms with Crippen LogP contribution < -0.4 is 10.1 Å². The largest absolute Gasteiger partial charge is 0.493 e. The maximum Gasteiger partial charge on any atom is 0.127 e. The van der Waals surface area contributed by atoms with Crippen molar-refractivity contribution in [2.75, 3.05) is 6.61 Å². The summed E-state index contributed by atoms with van der Waals surface area (Å²) in [7, 11) is 0. The minimum atomic E-state index is 0.408. The van der Waals surface area contributed by atoms with Gasteiger partial charge in [-0.25, -0.2) is 0 Å². The number of halogens is 1. The Hall–Kier alpha value is -1.45. The highest BCUT2D eigenvalue weighted by atomic mass is 35.5. The molecule has 2 heterocycles. The molecule has 0 spiro atoms. The molecule has 2 aromatic rings. The highest BCUT2D eigenvalue weighted by Gasteiger charge is 2.17. The fourth-order valence-corrected chi connectivity index (χ4v) is 2.94. The van der Waals surface area contributed by atoms with Crippen LogP contribution in [0.25, 0.3) is 0 Å². The number of hydrogen-bond donors (Lipinski definition) is 1. The first-order valence-electron chi connectivity index (χ1n) is 7.42. The van der Waals surface area contributed by atoms with Crippen LogP contribution in [0, 0.1) is 0 Å². The molecule has 1 aromatic carbocycles. The lowest BCUT2D eigenvalue weighted by Gasteiger charge is -2.15. The fourth-order valence-electron chi connectivity index (χ4n) is 2.68. The number of benzene rings is 1. The summed E-state index contributed by atoms with van der Waals surface area (Å²) in [5.41, 5.74) is 2.38. The Morgan fingerprint density at radius 2 is 2.29 bits per heavy atom. The van der Waals surface area contributed by atoms with Gasteiger partial charge >= 0.3 is 0 Å². The van der Waals surface area contributed by atoms with Crippen molar-refractivity contribution in [3.05, 3.63) is 52.4 Å². The summed E-state index contributed by atoms with van der Waals surface area (Å²) in [4.78, 5) is 0. The summed E-state index contributed by atoms with van der Waals surface area (Å²) in [6.07, 6.45) is 4.67. The number of fused-ring (bicyclic) bond motifs is 1. The molecule has 1 N–H and O–H groups in total. The molecule has 3 nitrogen and oxygen atoms in total. The number of aryl methyl sites for hydroxylation is 1. The van der Waals surface area contributed by atoms with Crippen molar-refractivity contribution >= 4 is 11.6 Å². The van der Waals surface area contributed by atoms with Crippen LogP contribution in [0.3, 0.4) is 0 Å². The van der Waals surface area contributed by atoms with E-state index in [0.717, 1.165) is 54.5 Å². The molecule has 1 aliphatic rings. The molecular formula is C17H20ClNO2. The lowest BCUT2D eigenvalue weighted by Crippen LogP contribution is -2.26. The second-order valence-electron chi connectivity index (χ2n) is 5.55. The molecule has 0 radical (unpaired) electrons. The van der Waals surface area contributed by atoms with Crippen LogP contribution in [0.4, 0.5) is 0 Å². The maximum atomic E-state index is 6.18. The Morgan fingerprint density at radius 3 is 3.10 bits per heavy atom. The zero-order chi connectivity index (χ0) is 14.7. The highest BCUT2D eigenvalue weighted by molar-refractivity contribution is 6.30. The van der Waals surface area contributed by atoms with Crippen LogP contribution in [0.2, 0.25) is 5.02 Å². The second kappa shape index (κ2) is 6.54. The van der Waals surface area contributed by atoms with Gasteiger partial charge < -0.3 is 14.5 Å². The Labute approximate surface area is 130 Å². The first kappa shape index (κ1) is 14.5. The monoisotopic (exact) mass is 305 g/mol. The molecule has 0 fully saturated rings. The molecule has 1 aromatic heterocycles. The molecule has 3 rings (SSSR count). The van der Waals surface area contributed by atoms with Crippen LogP contribution in [-0.4, -0.2) is 12.6 Å². The summed E-state index contributed by atoms with van der Waals surface area (Å²) in [6.45, 7) is 3.73. The third-order valence-electron chi connectivity index (χ3n) is 3.87. The van der Waals surface area contributed by atoms with Gasteiger partial charge in [0, 0.05) is 36.0 Å². The molecule has 1 aliphatic heterocycles. The quantitative estimate of drug-likeness (QED) is 0.876. The SMILES string of the molecule is CC(CCc1ccco1)NCc1cc(Cl)cc2c1OCC2. The predicted octanol–water partition coefficient (Wildman–Crippen LogP) is 3.98. The van der Waals surface area contributed by atoms with Crippen LogP contribution in [-0.2, 0) is 19.4 Å². The van der Waals surface area contributed by atoms with E-state index in [-0.39, 0.29) is 0 Å². The van der Waals surface area contributed by atoms with Gasteiger partial charge in [-0.1, -0.05) is 11.6 Å². The van der Waals surface area contributed by atoms with Gasteiger partial charge in [-0.15, -0.1) is 0 Å². The summed E-state index contributed by atoms with van der Waals surface area (Å²) in [6, 6.07) is 8.36. The molecule has 1 atom stereocenters. The first-order valence-corrected chi connectivity index (χ1v) is 7.80. The standard InChI is InChI=1S/C17H20ClNO2/c1-12(4-5-16-3-2-7-20-16)19-11-14-10-15(18)9-13-6-8-21-17(13)14/h2-3,7,9-10,12,19H,4-6,8,11H2,1H3. The smallest absolute Gasteiger partial charge is 0.127 e. The van der Waals surface area contributed by atoms with E-state index >= 15 is 0 Å². The van der Waals surface area contributed by atoms with Crippen LogP contribution in [0.5, 0.6) is 5.75 Å². The van der Waals surface area contributed by atoms with E-state index in [4.69, 9.17) is 20.8 Å². The molecule has 0 saturated carbocycles. The summed E-state index contributed by atoms with van der Waals surface area (Å²) in [5, 5.41) is 4.33. The van der Waals surface area contributed by atoms with Crippen LogP contribution in [0.1, 0.15) is 30.2 Å². The van der Waals surface area contributed by atoms with E-state index in [0.29, 0.717) is 6.04 Å². The molecule has 21 heavy (non-hydrogen) atoms. The van der Waals surface area contributed by atoms with E-state index in [2.05, 4.69) is 12.2 Å². The zero-order valence-electron chi connectivity index (χ0n) is 12.2. The van der Waals surface area contributed by atoms with Crippen molar-refractivity contribution in [2.45, 2.75) is 38.8 Å². The second-order valence-corrected chi connectivity index (χ2v) is 5.99. The minimum Gasteiger partial charge on any atom is -0.493 e. The average Bonchev–Trinajstić information content (AvgIpc) is 3.13. The fraction of sp³-hybridized carbons (Fsp3) is 0.412. The Morgan fingerprint density at radius 1 is 1.38 bits per heavy atom. The molecule has 1 unspecified atom stereocenters. The molecule has 0 saturated heterocycles. The van der Waals surface area contributed by atoms with E-state index in [9.17, 15) is 0 Å². The van der Waals surface area contributed by atoms with Gasteiger partial charge in [-0.2, -0.15) is 0 Å². The normalized spacial score (nSPS) is 14.8. The molecule has 4 heteroatoms. The highest BCUT2D eigenvalue weighted by Crippen LogP contribution is 2.32. The predicted molar refractivity (Wildman–Crippen MR) is 84.0 cm³/mol. The van der Waals surface area contributed by atoms with Gasteiger partial charge in [-0.3, -0.25) is 0 Å². The average molecular weight is 306 g/mol. The van der Waals surface area contributed by atoms with Crippen molar-refractivity contribution in [1.82, 2.24) is 5.32 Å². The van der Waals surface area contributed by atoms with Crippen LogP contribution in [0.15, 0.2) is 34.9 Å². The van der Waals surface area contributed by atoms with Crippen molar-refractivity contribution < 1.29 is 9.15 Å². The first-order chi connectivity index (χ1) is 10.2. The molecular weight excluding hydrogens is 286 g/mol. The third-order valence-corrected chi connectivity index (χ3v) is 4.09. The molecule has 112 valence electrons. The van der Waals surface area contributed by atoms with Crippen molar-refractivity contribution in [3.63, 3.8) is 0 Å². The zero-order valence-corrected chi connectivity index (χ0v) is 13.0. The number of furan rings is 1. The lowest BCUT2D eigenvalue weighted by atomic mass is 10.1. The summed E-state index contributed by atoms with van der Waals surface area (Å²) < 4.78 is 11.1. The van der Waals surface area contributed by atoms with E-state index in [1.807, 2.05) is 24.3 Å². The number of hydrogen-bond acceptors (Lipinski definition) is 3. The van der Waals surface area contributed by atoms with Gasteiger partial charge in [0.2, 0.25) is 0 Å². The van der Waals surface area contributed by atoms with Crippen molar-refractivity contribution in [3.8, 4) is 5.75 Å². The number of nitrogens with one attached hydrogen (secondary N) is 1. The Bertz CT molecular complexity index is 595. The molecule has 0 bridgehead atoms. The van der Waals surface area contributed by atoms with Gasteiger partial charge in [0.25, 0.3) is 0 Å². The summed E-state index contributed by atoms with van der Waals surface area (Å²) in [5.74, 6) is 2.06. The van der Waals surface area contributed by atoms with E-state index < -0.39 is 0 Å². The molecule has 0 amide bonds. The summed E-state index contributed by atoms with van der Waals surface area (Å²) >= 11 is 6.18. The molecule has 0 aliphatic carbocycles. The maximum absolute atomic E-state index is 6.18. The van der Waals surface area contributed by atoms with Crippen LogP contribution >= 0.6 is 11.6 Å². The Kier molecular flexibility index (Phi) is 4.51. The number of ether oxygens (including phenoxy) is 1. The third kappa shape index (κ3) is 3.60. The van der Waals surface area contributed by atoms with Crippen molar-refractivity contribution in [2.24, 2.45) is 0 Å². The van der Waals surface area contributed by atoms with E-state index in [1.165, 1.54) is 5.56 Å². The minimum absolute atomic E-state index is 0.408. The van der Waals surface area contributed by atoms with E-state index in [1.54, 1.807) is 6.26 Å². The topological polar surface area (TPSA) is 34.4 Å². The van der Waals surface area contributed by atoms with Gasteiger partial charge in [0.15, 0.2) is 0 Å². The van der Waals surface area contributed by atoms with Gasteiger partial charge in [0.05, 0.1) is 12.9 Å². The van der Waals surface area contributed by atoms with Gasteiger partial charge in [-0.05, 0) is 43.2 Å². The van der Waals surface area contributed by atoms with Gasteiger partial charge in [0.1, 0.15) is 11.5 Å². The Balaban J connectivity index is 1.55. The van der Waals surface area contributed by atoms with Crippen molar-refractivity contribution in [1.29, 1.82) is 0 Å². The number of rotatable bonds is 6.